The van der Waals surface area contributed by atoms with Gasteiger partial charge in [-0.1, -0.05) is 0 Å². The van der Waals surface area contributed by atoms with Gasteiger partial charge in [-0.25, -0.2) is 17.5 Å². The van der Waals surface area contributed by atoms with Crippen molar-refractivity contribution < 1.29 is 12.8 Å². The minimum atomic E-state index is -3.67. The Bertz CT molecular complexity index is 564. The molecule has 0 saturated heterocycles. The molecule has 0 fully saturated rings. The average Bonchev–Trinajstić information content (AvgIpc) is 2.13. The van der Waals surface area contributed by atoms with Crippen molar-refractivity contribution in [3.63, 3.8) is 0 Å². The molecule has 1 N–H and O–H groups in total. The van der Waals surface area contributed by atoms with Crippen molar-refractivity contribution in [3.05, 3.63) is 29.1 Å². The Balaban J connectivity index is 3.18. The van der Waals surface area contributed by atoms with Gasteiger partial charge in [-0.05, 0) is 44.0 Å². The van der Waals surface area contributed by atoms with Crippen LogP contribution in [0.5, 0.6) is 0 Å². The van der Waals surface area contributed by atoms with Gasteiger partial charge in [0, 0.05) is 12.5 Å². The predicted molar refractivity (Wildman–Crippen MR) is 69.1 cm³/mol. The van der Waals surface area contributed by atoms with Crippen molar-refractivity contribution in [2.75, 3.05) is 0 Å². The molecular formula is C13H16FNO2S. The van der Waals surface area contributed by atoms with Crippen LogP contribution in [-0.2, 0) is 10.0 Å². The molecule has 3 nitrogen and oxygen atoms in total. The van der Waals surface area contributed by atoms with E-state index in [-0.39, 0.29) is 10.9 Å². The van der Waals surface area contributed by atoms with E-state index in [0.29, 0.717) is 17.5 Å². The molecule has 0 spiro atoms. The molecule has 5 heteroatoms. The van der Waals surface area contributed by atoms with Gasteiger partial charge in [-0.15, -0.1) is 12.3 Å². The number of halogens is 1. The van der Waals surface area contributed by atoms with Crippen LogP contribution in [0.1, 0.15) is 24.5 Å². The third-order valence-electron chi connectivity index (χ3n) is 2.47. The molecule has 18 heavy (non-hydrogen) atoms. The van der Waals surface area contributed by atoms with Gasteiger partial charge in [0.2, 0.25) is 10.0 Å². The van der Waals surface area contributed by atoms with Crippen LogP contribution in [0.25, 0.3) is 0 Å². The Morgan fingerprint density at radius 1 is 1.39 bits per heavy atom. The van der Waals surface area contributed by atoms with Crippen LogP contribution in [-0.4, -0.2) is 14.5 Å². The number of benzene rings is 1. The quantitative estimate of drug-likeness (QED) is 0.851. The first-order chi connectivity index (χ1) is 8.27. The molecule has 0 aliphatic rings. The molecule has 0 aliphatic carbocycles. The van der Waals surface area contributed by atoms with Crippen molar-refractivity contribution in [3.8, 4) is 12.3 Å². The lowest BCUT2D eigenvalue weighted by atomic mass is 10.1. The SMILES string of the molecule is C#CCC(C)NS(=O)(=O)c1c(C)cc(F)cc1C. The van der Waals surface area contributed by atoms with Gasteiger partial charge in [0.25, 0.3) is 0 Å². The summed E-state index contributed by atoms with van der Waals surface area (Å²) < 4.78 is 40.0. The number of sulfonamides is 1. The summed E-state index contributed by atoms with van der Waals surface area (Å²) in [6.07, 6.45) is 5.44. The summed E-state index contributed by atoms with van der Waals surface area (Å²) in [4.78, 5) is 0.118. The molecule has 0 amide bonds. The minimum Gasteiger partial charge on any atom is -0.207 e. The zero-order valence-corrected chi connectivity index (χ0v) is 11.4. The molecule has 1 atom stereocenters. The van der Waals surface area contributed by atoms with E-state index in [0.717, 1.165) is 0 Å². The lowest BCUT2D eigenvalue weighted by Crippen LogP contribution is -2.33. The van der Waals surface area contributed by atoms with Crippen molar-refractivity contribution in [2.45, 2.75) is 38.1 Å². The molecule has 0 saturated carbocycles. The molecular weight excluding hydrogens is 253 g/mol. The molecule has 98 valence electrons. The van der Waals surface area contributed by atoms with Gasteiger partial charge in [0.05, 0.1) is 4.90 Å². The first kappa shape index (κ1) is 14.7. The van der Waals surface area contributed by atoms with Crippen LogP contribution in [0.4, 0.5) is 4.39 Å². The van der Waals surface area contributed by atoms with Crippen LogP contribution in [0, 0.1) is 32.0 Å². The molecule has 0 radical (unpaired) electrons. The van der Waals surface area contributed by atoms with E-state index in [1.807, 2.05) is 0 Å². The highest BCUT2D eigenvalue weighted by Gasteiger charge is 2.22. The summed E-state index contributed by atoms with van der Waals surface area (Å²) in [6, 6.07) is 2.05. The number of terminal acetylenes is 1. The molecule has 1 unspecified atom stereocenters. The third kappa shape index (κ3) is 3.31. The lowest BCUT2D eigenvalue weighted by Gasteiger charge is -2.15. The fourth-order valence-electron chi connectivity index (χ4n) is 1.86. The van der Waals surface area contributed by atoms with Crippen LogP contribution in [0.15, 0.2) is 17.0 Å². The summed E-state index contributed by atoms with van der Waals surface area (Å²) in [5.41, 5.74) is 0.765. The van der Waals surface area contributed by atoms with Gasteiger partial charge in [-0.2, -0.15) is 0 Å². The van der Waals surface area contributed by atoms with E-state index >= 15 is 0 Å². The number of nitrogens with one attached hydrogen (secondary N) is 1. The van der Waals surface area contributed by atoms with Gasteiger partial charge in [0.15, 0.2) is 0 Å². The zero-order chi connectivity index (χ0) is 13.9. The van der Waals surface area contributed by atoms with Crippen LogP contribution in [0.2, 0.25) is 0 Å². The van der Waals surface area contributed by atoms with Crippen LogP contribution in [0.3, 0.4) is 0 Å². The van der Waals surface area contributed by atoms with E-state index in [2.05, 4.69) is 10.6 Å². The van der Waals surface area contributed by atoms with E-state index < -0.39 is 15.8 Å². The number of hydrogen-bond acceptors (Lipinski definition) is 2. The minimum absolute atomic E-state index is 0.118. The van der Waals surface area contributed by atoms with Gasteiger partial charge in [-0.3, -0.25) is 0 Å². The average molecular weight is 269 g/mol. The Labute approximate surface area is 107 Å². The molecule has 0 aliphatic heterocycles. The highest BCUT2D eigenvalue weighted by atomic mass is 32.2. The number of aryl methyl sites for hydroxylation is 2. The second-order valence-electron chi connectivity index (χ2n) is 4.30. The van der Waals surface area contributed by atoms with Crippen LogP contribution < -0.4 is 4.72 Å². The Morgan fingerprint density at radius 3 is 2.33 bits per heavy atom. The molecule has 0 aromatic heterocycles. The van der Waals surface area contributed by atoms with Crippen molar-refractivity contribution in [1.29, 1.82) is 0 Å². The molecule has 1 rings (SSSR count). The number of hydrogen-bond donors (Lipinski definition) is 1. The van der Waals surface area contributed by atoms with Crippen molar-refractivity contribution >= 4 is 10.0 Å². The fraction of sp³-hybridized carbons (Fsp3) is 0.385. The van der Waals surface area contributed by atoms with Gasteiger partial charge in [0.1, 0.15) is 5.82 Å². The number of rotatable bonds is 4. The first-order valence-electron chi connectivity index (χ1n) is 5.50. The maximum atomic E-state index is 13.1. The van der Waals surface area contributed by atoms with Crippen LogP contribution >= 0.6 is 0 Å². The second kappa shape index (κ2) is 5.51. The fourth-order valence-corrected chi connectivity index (χ4v) is 3.56. The van der Waals surface area contributed by atoms with E-state index in [1.54, 1.807) is 20.8 Å². The standard InChI is InChI=1S/C13H16FNO2S/c1-5-6-11(4)15-18(16,17)13-9(2)7-12(14)8-10(13)3/h1,7-8,11,15H,6H2,2-4H3. The highest BCUT2D eigenvalue weighted by molar-refractivity contribution is 7.89. The summed E-state index contributed by atoms with van der Waals surface area (Å²) in [5.74, 6) is 1.95. The Morgan fingerprint density at radius 2 is 1.89 bits per heavy atom. The maximum Gasteiger partial charge on any atom is 0.241 e. The summed E-state index contributed by atoms with van der Waals surface area (Å²) >= 11 is 0. The van der Waals surface area contributed by atoms with Gasteiger partial charge < -0.3 is 0 Å². The Hall–Kier alpha value is -1.38. The zero-order valence-electron chi connectivity index (χ0n) is 10.6. The summed E-state index contributed by atoms with van der Waals surface area (Å²) in [7, 11) is -3.67. The monoisotopic (exact) mass is 269 g/mol. The lowest BCUT2D eigenvalue weighted by molar-refractivity contribution is 0.561. The summed E-state index contributed by atoms with van der Waals surface area (Å²) in [6.45, 7) is 4.82. The molecule has 1 aromatic carbocycles. The smallest absolute Gasteiger partial charge is 0.207 e. The first-order valence-corrected chi connectivity index (χ1v) is 6.98. The third-order valence-corrected chi connectivity index (χ3v) is 4.37. The largest absolute Gasteiger partial charge is 0.241 e. The predicted octanol–water partition coefficient (Wildman–Crippen LogP) is 2.13. The highest BCUT2D eigenvalue weighted by Crippen LogP contribution is 2.21. The molecule has 1 aromatic rings. The van der Waals surface area contributed by atoms with E-state index in [9.17, 15) is 12.8 Å². The van der Waals surface area contributed by atoms with E-state index in [4.69, 9.17) is 6.42 Å². The maximum absolute atomic E-state index is 13.1. The molecule has 0 heterocycles. The normalized spacial score (nSPS) is 13.1. The Kier molecular flexibility index (Phi) is 4.49. The van der Waals surface area contributed by atoms with E-state index in [1.165, 1.54) is 12.1 Å². The molecule has 0 bridgehead atoms. The van der Waals surface area contributed by atoms with Crippen molar-refractivity contribution in [2.24, 2.45) is 0 Å². The van der Waals surface area contributed by atoms with Gasteiger partial charge >= 0.3 is 0 Å². The topological polar surface area (TPSA) is 46.2 Å². The second-order valence-corrected chi connectivity index (χ2v) is 5.95. The summed E-state index contributed by atoms with van der Waals surface area (Å²) in [5, 5.41) is 0. The van der Waals surface area contributed by atoms with Crippen molar-refractivity contribution in [1.82, 2.24) is 4.72 Å².